The fourth-order valence-corrected chi connectivity index (χ4v) is 1.96. The van der Waals surface area contributed by atoms with E-state index in [9.17, 15) is 9.59 Å². The Bertz CT molecular complexity index is 471. The number of amides is 2. The second-order valence-corrected chi connectivity index (χ2v) is 5.32. The first-order valence-corrected chi connectivity index (χ1v) is 7.24. The van der Waals surface area contributed by atoms with Crippen molar-refractivity contribution in [3.63, 3.8) is 0 Å². The van der Waals surface area contributed by atoms with E-state index in [-0.39, 0.29) is 6.03 Å². The molecule has 0 bridgehead atoms. The number of benzene rings is 1. The molecule has 1 aromatic carbocycles. The first-order chi connectivity index (χ1) is 9.93. The number of hydrogen-bond acceptors (Lipinski definition) is 2. The first-order valence-electron chi connectivity index (χ1n) is 7.24. The van der Waals surface area contributed by atoms with E-state index in [2.05, 4.69) is 5.32 Å². The number of carboxylic acid groups (broad SMARTS) is 1. The van der Waals surface area contributed by atoms with Crippen molar-refractivity contribution in [1.82, 2.24) is 10.2 Å². The van der Waals surface area contributed by atoms with Gasteiger partial charge in [-0.3, -0.25) is 0 Å². The molecule has 0 fully saturated rings. The van der Waals surface area contributed by atoms with E-state index in [1.807, 2.05) is 38.1 Å². The quantitative estimate of drug-likeness (QED) is 0.812. The Morgan fingerprint density at radius 3 is 2.43 bits per heavy atom. The second-order valence-electron chi connectivity index (χ2n) is 5.32. The third kappa shape index (κ3) is 5.85. The molecule has 2 N–H and O–H groups in total. The van der Waals surface area contributed by atoms with Gasteiger partial charge in [-0.2, -0.15) is 0 Å². The van der Waals surface area contributed by atoms with Crippen LogP contribution in [0.1, 0.15) is 37.3 Å². The highest BCUT2D eigenvalue weighted by molar-refractivity contribution is 5.82. The Labute approximate surface area is 126 Å². The van der Waals surface area contributed by atoms with Gasteiger partial charge in [0.15, 0.2) is 0 Å². The zero-order valence-electron chi connectivity index (χ0n) is 12.9. The van der Waals surface area contributed by atoms with Gasteiger partial charge in [0, 0.05) is 13.6 Å². The third-order valence-corrected chi connectivity index (χ3v) is 3.33. The number of unbranched alkanes of at least 4 members (excludes halogenated alkanes) is 1. The van der Waals surface area contributed by atoms with Gasteiger partial charge >= 0.3 is 12.0 Å². The molecule has 0 saturated heterocycles. The summed E-state index contributed by atoms with van der Waals surface area (Å²) in [5.74, 6) is -0.986. The molecule has 1 unspecified atom stereocenters. The summed E-state index contributed by atoms with van der Waals surface area (Å²) in [4.78, 5) is 24.7. The Balaban J connectivity index is 2.56. The molecule has 5 heteroatoms. The van der Waals surface area contributed by atoms with Crippen LogP contribution in [-0.2, 0) is 11.3 Å². The molecule has 0 aliphatic rings. The maximum Gasteiger partial charge on any atom is 0.326 e. The van der Waals surface area contributed by atoms with Gasteiger partial charge in [0.1, 0.15) is 6.04 Å². The van der Waals surface area contributed by atoms with Crippen molar-refractivity contribution in [1.29, 1.82) is 0 Å². The molecule has 0 heterocycles. The van der Waals surface area contributed by atoms with Gasteiger partial charge in [0.2, 0.25) is 0 Å². The number of rotatable bonds is 7. The zero-order valence-corrected chi connectivity index (χ0v) is 12.9. The molecule has 0 radical (unpaired) electrons. The molecule has 5 nitrogen and oxygen atoms in total. The maximum absolute atomic E-state index is 12.0. The Kier molecular flexibility index (Phi) is 6.72. The van der Waals surface area contributed by atoms with E-state index < -0.39 is 12.0 Å². The standard InChI is InChI=1S/C16H24N2O3/c1-4-5-6-14(15(19)20)17-16(21)18(3)11-13-9-7-12(2)8-10-13/h7-10,14H,4-6,11H2,1-3H3,(H,17,21)(H,19,20). The van der Waals surface area contributed by atoms with Crippen molar-refractivity contribution in [2.75, 3.05) is 7.05 Å². The summed E-state index contributed by atoms with van der Waals surface area (Å²) in [7, 11) is 1.66. The number of nitrogens with zero attached hydrogens (tertiary/aromatic N) is 1. The van der Waals surface area contributed by atoms with Gasteiger partial charge in [-0.15, -0.1) is 0 Å². The van der Waals surface area contributed by atoms with Crippen LogP contribution < -0.4 is 5.32 Å². The number of aryl methyl sites for hydroxylation is 1. The topological polar surface area (TPSA) is 69.6 Å². The van der Waals surface area contributed by atoms with Crippen LogP contribution in [0.5, 0.6) is 0 Å². The molecule has 1 rings (SSSR count). The van der Waals surface area contributed by atoms with Crippen molar-refractivity contribution in [2.24, 2.45) is 0 Å². The highest BCUT2D eigenvalue weighted by atomic mass is 16.4. The van der Waals surface area contributed by atoms with E-state index in [0.29, 0.717) is 13.0 Å². The molecule has 0 spiro atoms. The van der Waals surface area contributed by atoms with Crippen LogP contribution >= 0.6 is 0 Å². The number of aliphatic carboxylic acids is 1. The molecule has 0 saturated carbocycles. The number of urea groups is 1. The lowest BCUT2D eigenvalue weighted by atomic mass is 10.1. The fraction of sp³-hybridized carbons (Fsp3) is 0.500. The number of nitrogens with one attached hydrogen (secondary N) is 1. The van der Waals surface area contributed by atoms with Crippen LogP contribution in [0, 0.1) is 6.92 Å². The summed E-state index contributed by atoms with van der Waals surface area (Å²) >= 11 is 0. The second kappa shape index (κ2) is 8.29. The Morgan fingerprint density at radius 2 is 1.90 bits per heavy atom. The van der Waals surface area contributed by atoms with Gasteiger partial charge in [-0.25, -0.2) is 9.59 Å². The molecular weight excluding hydrogens is 268 g/mol. The monoisotopic (exact) mass is 292 g/mol. The van der Waals surface area contributed by atoms with Crippen LogP contribution in [0.4, 0.5) is 4.79 Å². The minimum absolute atomic E-state index is 0.362. The molecule has 0 aromatic heterocycles. The van der Waals surface area contributed by atoms with Crippen molar-refractivity contribution < 1.29 is 14.7 Å². The highest BCUT2D eigenvalue weighted by Gasteiger charge is 2.21. The predicted molar refractivity (Wildman–Crippen MR) is 82.1 cm³/mol. The molecular formula is C16H24N2O3. The number of carbonyl (C=O) groups is 2. The van der Waals surface area contributed by atoms with Gasteiger partial charge in [0.05, 0.1) is 0 Å². The average Bonchev–Trinajstić information content (AvgIpc) is 2.45. The van der Waals surface area contributed by atoms with E-state index in [1.165, 1.54) is 4.90 Å². The zero-order chi connectivity index (χ0) is 15.8. The van der Waals surface area contributed by atoms with Gasteiger partial charge in [-0.05, 0) is 18.9 Å². The molecule has 21 heavy (non-hydrogen) atoms. The van der Waals surface area contributed by atoms with Crippen LogP contribution in [0.15, 0.2) is 24.3 Å². The summed E-state index contributed by atoms with van der Waals surface area (Å²) in [5, 5.41) is 11.7. The number of hydrogen-bond donors (Lipinski definition) is 2. The summed E-state index contributed by atoms with van der Waals surface area (Å²) in [5.41, 5.74) is 2.18. The number of carboxylic acids is 1. The molecule has 116 valence electrons. The Morgan fingerprint density at radius 1 is 1.29 bits per heavy atom. The van der Waals surface area contributed by atoms with E-state index >= 15 is 0 Å². The van der Waals surface area contributed by atoms with Gasteiger partial charge in [0.25, 0.3) is 0 Å². The van der Waals surface area contributed by atoms with Crippen LogP contribution in [0.25, 0.3) is 0 Å². The van der Waals surface area contributed by atoms with Crippen LogP contribution in [-0.4, -0.2) is 35.1 Å². The summed E-state index contributed by atoms with van der Waals surface area (Å²) in [6.07, 6.45) is 2.13. The van der Waals surface area contributed by atoms with Crippen LogP contribution in [0.2, 0.25) is 0 Å². The molecule has 1 atom stereocenters. The van der Waals surface area contributed by atoms with E-state index in [4.69, 9.17) is 5.11 Å². The van der Waals surface area contributed by atoms with Crippen molar-refractivity contribution in [3.8, 4) is 0 Å². The molecule has 1 aromatic rings. The smallest absolute Gasteiger partial charge is 0.326 e. The largest absolute Gasteiger partial charge is 0.480 e. The minimum atomic E-state index is -0.986. The molecule has 0 aliphatic heterocycles. The van der Waals surface area contributed by atoms with Gasteiger partial charge in [-0.1, -0.05) is 49.6 Å². The average molecular weight is 292 g/mol. The summed E-state index contributed by atoms with van der Waals surface area (Å²) in [6, 6.07) is 6.72. The fourth-order valence-electron chi connectivity index (χ4n) is 1.96. The Hall–Kier alpha value is -2.04. The molecule has 0 aliphatic carbocycles. The number of carbonyl (C=O) groups excluding carboxylic acids is 1. The van der Waals surface area contributed by atoms with Crippen LogP contribution in [0.3, 0.4) is 0 Å². The lowest BCUT2D eigenvalue weighted by Gasteiger charge is -2.21. The predicted octanol–water partition coefficient (Wildman–Crippen LogP) is 2.78. The van der Waals surface area contributed by atoms with Crippen molar-refractivity contribution in [2.45, 2.75) is 45.7 Å². The van der Waals surface area contributed by atoms with Crippen molar-refractivity contribution >= 4 is 12.0 Å². The lowest BCUT2D eigenvalue weighted by Crippen LogP contribution is -2.46. The summed E-state index contributed by atoms with van der Waals surface area (Å²) in [6.45, 7) is 4.45. The van der Waals surface area contributed by atoms with E-state index in [1.54, 1.807) is 7.05 Å². The highest BCUT2D eigenvalue weighted by Crippen LogP contribution is 2.07. The van der Waals surface area contributed by atoms with E-state index in [0.717, 1.165) is 24.0 Å². The SMILES string of the molecule is CCCCC(NC(=O)N(C)Cc1ccc(C)cc1)C(=O)O. The lowest BCUT2D eigenvalue weighted by molar-refractivity contribution is -0.139. The third-order valence-electron chi connectivity index (χ3n) is 3.33. The normalized spacial score (nSPS) is 11.8. The maximum atomic E-state index is 12.0. The minimum Gasteiger partial charge on any atom is -0.480 e. The summed E-state index contributed by atoms with van der Waals surface area (Å²) < 4.78 is 0. The molecule has 2 amide bonds. The first kappa shape index (κ1) is 17.0. The van der Waals surface area contributed by atoms with Gasteiger partial charge < -0.3 is 15.3 Å². The van der Waals surface area contributed by atoms with Crippen molar-refractivity contribution in [3.05, 3.63) is 35.4 Å².